The molecule has 6 nitrogen and oxygen atoms in total. The van der Waals surface area contributed by atoms with Gasteiger partial charge in [-0.15, -0.1) is 0 Å². The van der Waals surface area contributed by atoms with Crippen LogP contribution in [0.25, 0.3) is 0 Å². The molecule has 4 unspecified atom stereocenters. The molecule has 3 aliphatic carbocycles. The molecule has 2 saturated carbocycles. The zero-order valence-corrected chi connectivity index (χ0v) is 33.4. The number of allylic oxidation sites excluding steroid dienone is 2. The second kappa shape index (κ2) is 13.8. The zero-order valence-electron chi connectivity index (χ0n) is 32.6. The molecule has 6 rings (SSSR count). The van der Waals surface area contributed by atoms with Gasteiger partial charge in [0.15, 0.2) is 5.78 Å². The number of fused-ring (bicyclic) bond motifs is 5. The monoisotopic (exact) mass is 698 g/mol. The Morgan fingerprint density at radius 2 is 1.74 bits per heavy atom. The summed E-state index contributed by atoms with van der Waals surface area (Å²) in [6.07, 6.45) is 9.90. The van der Waals surface area contributed by atoms with Crippen LogP contribution in [-0.2, 0) is 26.8 Å². The smallest absolute Gasteiger partial charge is 0.228 e. The Labute approximate surface area is 307 Å². The molecule has 7 heteroatoms. The number of rotatable bonds is 4. The lowest BCUT2D eigenvalue weighted by molar-refractivity contribution is -0.131. The Morgan fingerprint density at radius 3 is 2.36 bits per heavy atom. The maximum atomic E-state index is 14.1. The van der Waals surface area contributed by atoms with Crippen LogP contribution in [0.2, 0.25) is 0 Å². The predicted octanol–water partition coefficient (Wildman–Crippen LogP) is 9.00. The summed E-state index contributed by atoms with van der Waals surface area (Å²) in [5, 5.41) is 3.48. The standard InChI is InChI=1S/C35H52N2O2.C8H10N2S/c1-21-19-35(9)25-15-16-34(8)24(23(25)20-37(10)30(35)18-29(21)38)13-14-27(34)31(39)36-28-17-22(32(2,3)4)11-12-26(28)33(5,6)7;1-2-7-5-6(8(9)11)3-4-10-7/h11-12,17-18,21,23-25,27H,13-16,19-20H2,1-10H3,(H,36,39);3-5H,2H2,1H3,(H2,9,11)/t21?,23?,24?,25?,27-,34+,35-;/m1./s1. The second-order valence-electron chi connectivity index (χ2n) is 18.4. The fourth-order valence-electron chi connectivity index (χ4n) is 10.2. The molecule has 1 aliphatic heterocycles. The third kappa shape index (κ3) is 7.18. The number of pyridine rings is 1. The molecule has 4 aliphatic rings. The minimum atomic E-state index is -0.0505. The summed E-state index contributed by atoms with van der Waals surface area (Å²) in [7, 11) is 2.19. The third-order valence-electron chi connectivity index (χ3n) is 13.0. The number of ketones is 1. The van der Waals surface area contributed by atoms with E-state index in [1.165, 1.54) is 16.8 Å². The third-order valence-corrected chi connectivity index (χ3v) is 13.2. The summed E-state index contributed by atoms with van der Waals surface area (Å²) < 4.78 is 0. The van der Waals surface area contributed by atoms with Crippen LogP contribution in [0.4, 0.5) is 5.69 Å². The summed E-state index contributed by atoms with van der Waals surface area (Å²) >= 11 is 4.82. The van der Waals surface area contributed by atoms with Crippen molar-refractivity contribution in [2.45, 2.75) is 119 Å². The van der Waals surface area contributed by atoms with E-state index in [1.54, 1.807) is 6.20 Å². The number of aryl methyl sites for hydroxylation is 1. The van der Waals surface area contributed by atoms with Crippen LogP contribution >= 0.6 is 12.2 Å². The van der Waals surface area contributed by atoms with Crippen LogP contribution in [-0.4, -0.2) is 40.2 Å². The van der Waals surface area contributed by atoms with Gasteiger partial charge in [0.1, 0.15) is 4.99 Å². The number of carbonyl (C=O) groups is 2. The van der Waals surface area contributed by atoms with Gasteiger partial charge in [-0.25, -0.2) is 0 Å². The Hall–Kier alpha value is -3.06. The molecule has 0 spiro atoms. The average molecular weight is 699 g/mol. The van der Waals surface area contributed by atoms with Crippen molar-refractivity contribution in [2.24, 2.45) is 46.2 Å². The lowest BCUT2D eigenvalue weighted by Gasteiger charge is -2.60. The zero-order chi connectivity index (χ0) is 37.0. The van der Waals surface area contributed by atoms with Gasteiger partial charge in [0, 0.05) is 65.8 Å². The second-order valence-corrected chi connectivity index (χ2v) is 18.8. The van der Waals surface area contributed by atoms with E-state index in [0.717, 1.165) is 62.0 Å². The molecule has 3 fully saturated rings. The number of hydrogen-bond donors (Lipinski definition) is 2. The number of amides is 1. The lowest BCUT2D eigenvalue weighted by Crippen LogP contribution is -2.58. The van der Waals surface area contributed by atoms with Crippen LogP contribution in [0, 0.1) is 40.4 Å². The molecule has 1 aromatic carbocycles. The summed E-state index contributed by atoms with van der Waals surface area (Å²) in [4.78, 5) is 33.7. The number of carbonyl (C=O) groups excluding carboxylic acids is 2. The quantitative estimate of drug-likeness (QED) is 0.310. The van der Waals surface area contributed by atoms with Crippen LogP contribution in [0.5, 0.6) is 0 Å². The first-order valence-corrected chi connectivity index (χ1v) is 19.3. The number of nitrogens with one attached hydrogen (secondary N) is 1. The summed E-state index contributed by atoms with van der Waals surface area (Å²) in [6.45, 7) is 23.4. The van der Waals surface area contributed by atoms with Gasteiger partial charge < -0.3 is 16.0 Å². The maximum Gasteiger partial charge on any atom is 0.228 e. The Kier molecular flexibility index (Phi) is 10.6. The van der Waals surface area contributed by atoms with Crippen LogP contribution in [0.3, 0.4) is 0 Å². The first-order chi connectivity index (χ1) is 23.2. The highest BCUT2D eigenvalue weighted by Crippen LogP contribution is 2.65. The molecule has 1 aromatic heterocycles. The Balaban J connectivity index is 0.000000377. The highest BCUT2D eigenvalue weighted by molar-refractivity contribution is 7.80. The van der Waals surface area contributed by atoms with Crippen molar-refractivity contribution in [1.29, 1.82) is 0 Å². The minimum absolute atomic E-state index is 0.0172. The van der Waals surface area contributed by atoms with Crippen LogP contribution in [0.1, 0.15) is 124 Å². The van der Waals surface area contributed by atoms with Crippen molar-refractivity contribution in [3.8, 4) is 0 Å². The number of anilines is 1. The number of piperidine rings is 1. The molecule has 272 valence electrons. The number of aromatic nitrogens is 1. The molecule has 7 atom stereocenters. The number of likely N-dealkylation sites (tertiary alicyclic amines) is 1. The molecule has 3 N–H and O–H groups in total. The maximum absolute atomic E-state index is 14.1. The molecule has 2 heterocycles. The molecule has 0 bridgehead atoms. The van der Waals surface area contributed by atoms with Gasteiger partial charge in [-0.1, -0.05) is 93.6 Å². The number of nitrogens with two attached hydrogens (primary N) is 1. The molecule has 2 aromatic rings. The van der Waals surface area contributed by atoms with Gasteiger partial charge in [0.2, 0.25) is 5.91 Å². The van der Waals surface area contributed by atoms with Crippen molar-refractivity contribution < 1.29 is 9.59 Å². The fourth-order valence-corrected chi connectivity index (χ4v) is 10.3. The van der Waals surface area contributed by atoms with E-state index in [2.05, 4.69) is 103 Å². The van der Waals surface area contributed by atoms with E-state index in [0.29, 0.717) is 22.7 Å². The van der Waals surface area contributed by atoms with E-state index >= 15 is 0 Å². The van der Waals surface area contributed by atoms with Gasteiger partial charge >= 0.3 is 0 Å². The Morgan fingerprint density at radius 1 is 1.04 bits per heavy atom. The van der Waals surface area contributed by atoms with Gasteiger partial charge in [-0.2, -0.15) is 0 Å². The highest BCUT2D eigenvalue weighted by Gasteiger charge is 2.61. The summed E-state index contributed by atoms with van der Waals surface area (Å²) in [5.74, 6) is 2.34. The van der Waals surface area contributed by atoms with Gasteiger partial charge in [0.25, 0.3) is 0 Å². The van der Waals surface area contributed by atoms with Crippen molar-refractivity contribution in [1.82, 2.24) is 9.88 Å². The number of benzene rings is 1. The van der Waals surface area contributed by atoms with Crippen molar-refractivity contribution >= 4 is 34.6 Å². The first kappa shape index (κ1) is 38.2. The first-order valence-electron chi connectivity index (χ1n) is 18.9. The van der Waals surface area contributed by atoms with Crippen LogP contribution in [0.15, 0.2) is 48.3 Å². The van der Waals surface area contributed by atoms with E-state index in [1.807, 2.05) is 25.1 Å². The number of nitrogens with zero attached hydrogens (tertiary/aromatic N) is 2. The predicted molar refractivity (Wildman–Crippen MR) is 210 cm³/mol. The summed E-state index contributed by atoms with van der Waals surface area (Å²) in [5.41, 5.74) is 12.1. The minimum Gasteiger partial charge on any atom is -0.389 e. The van der Waals surface area contributed by atoms with E-state index < -0.39 is 0 Å². The van der Waals surface area contributed by atoms with Crippen molar-refractivity contribution in [2.75, 3.05) is 18.9 Å². The largest absolute Gasteiger partial charge is 0.389 e. The van der Waals surface area contributed by atoms with Gasteiger partial charge in [0.05, 0.1) is 0 Å². The van der Waals surface area contributed by atoms with Gasteiger partial charge in [-0.3, -0.25) is 14.6 Å². The average Bonchev–Trinajstić information content (AvgIpc) is 3.39. The molecule has 0 radical (unpaired) electrons. The molecule has 1 amide bonds. The summed E-state index contributed by atoms with van der Waals surface area (Å²) in [6, 6.07) is 10.4. The lowest BCUT2D eigenvalue weighted by atomic mass is 9.49. The molecule has 1 saturated heterocycles. The van der Waals surface area contributed by atoms with E-state index in [4.69, 9.17) is 18.0 Å². The van der Waals surface area contributed by atoms with Crippen LogP contribution < -0.4 is 11.1 Å². The SMILES string of the molecule is CC1C[C@@]2(C)C(=CC1=O)N(C)CC1C2CC[C@@]2(C)C1CC[C@@H]2C(=O)Nc1cc(C(C)(C)C)ccc1C(C)(C)C.CCc1cc(C(N)=S)ccn1. The van der Waals surface area contributed by atoms with E-state index in [9.17, 15) is 9.59 Å². The van der Waals surface area contributed by atoms with Gasteiger partial charge in [-0.05, 0) is 102 Å². The number of thiocarbonyl (C=S) groups is 1. The fraction of sp³-hybridized carbons (Fsp3) is 0.628. The topological polar surface area (TPSA) is 88.3 Å². The van der Waals surface area contributed by atoms with Crippen molar-refractivity contribution in [3.63, 3.8) is 0 Å². The highest BCUT2D eigenvalue weighted by atomic mass is 32.1. The number of hydrogen-bond acceptors (Lipinski definition) is 5. The van der Waals surface area contributed by atoms with E-state index in [-0.39, 0.29) is 45.2 Å². The Bertz CT molecular complexity index is 1670. The van der Waals surface area contributed by atoms with Crippen molar-refractivity contribution in [3.05, 3.63) is 70.7 Å². The molecular formula is C43H62N4O2S. The normalized spacial score (nSPS) is 30.6. The molecule has 50 heavy (non-hydrogen) atoms. The molecular weight excluding hydrogens is 637 g/mol.